The third-order valence-corrected chi connectivity index (χ3v) is 11.6. The standard InChI is InChI=1S/C22H26F6N2O6S2/c23-21(24,25)37(33,34)29-16(31)10-19-5-11-3-13(6-19)17(14(4-11)7-19)20-2-1-12(8-20)15(9-20)18(32)30-38(35,36)22(26,27)28/h9,11-14,17H,1-8,10H2,(H,29,31)(H,30,32). The maximum atomic E-state index is 12.8. The van der Waals surface area contributed by atoms with Gasteiger partial charge in [-0.2, -0.15) is 43.2 Å². The van der Waals surface area contributed by atoms with Crippen molar-refractivity contribution in [3.63, 3.8) is 0 Å². The van der Waals surface area contributed by atoms with Crippen LogP contribution in [0.4, 0.5) is 26.3 Å². The molecule has 0 heterocycles. The number of alkyl halides is 6. The van der Waals surface area contributed by atoms with E-state index in [0.717, 1.165) is 22.3 Å². The van der Waals surface area contributed by atoms with E-state index in [1.807, 2.05) is 0 Å². The van der Waals surface area contributed by atoms with E-state index in [-0.39, 0.29) is 41.6 Å². The summed E-state index contributed by atoms with van der Waals surface area (Å²) in [4.78, 5) is 24.9. The normalized spacial score (nSPS) is 38.3. The van der Waals surface area contributed by atoms with Crippen LogP contribution in [0.1, 0.15) is 57.8 Å². The smallest absolute Gasteiger partial charge is 0.274 e. The Kier molecular flexibility index (Phi) is 6.08. The van der Waals surface area contributed by atoms with Gasteiger partial charge in [-0.25, -0.2) is 9.44 Å². The molecule has 6 bridgehead atoms. The lowest BCUT2D eigenvalue weighted by atomic mass is 9.41. The van der Waals surface area contributed by atoms with Gasteiger partial charge in [0, 0.05) is 12.0 Å². The molecule has 0 aromatic heterocycles. The fraction of sp³-hybridized carbons (Fsp3) is 0.818. The number of nitrogens with one attached hydrogen (secondary N) is 2. The van der Waals surface area contributed by atoms with Gasteiger partial charge in [-0.15, -0.1) is 0 Å². The molecule has 6 rings (SSSR count). The summed E-state index contributed by atoms with van der Waals surface area (Å²) >= 11 is 0. The van der Waals surface area contributed by atoms with E-state index in [9.17, 15) is 52.8 Å². The van der Waals surface area contributed by atoms with Gasteiger partial charge in [0.25, 0.3) is 5.91 Å². The summed E-state index contributed by atoms with van der Waals surface area (Å²) < 4.78 is 124. The van der Waals surface area contributed by atoms with Crippen LogP contribution in [-0.4, -0.2) is 39.7 Å². The average Bonchev–Trinajstić information content (AvgIpc) is 3.29. The summed E-state index contributed by atoms with van der Waals surface area (Å²) in [6.07, 6.45) is 6.18. The summed E-state index contributed by atoms with van der Waals surface area (Å²) in [6, 6.07) is 0. The van der Waals surface area contributed by atoms with Crippen molar-refractivity contribution in [2.75, 3.05) is 0 Å². The first-order chi connectivity index (χ1) is 17.3. The largest absolute Gasteiger partial charge is 0.516 e. The number of fused-ring (bicyclic) bond motifs is 3. The Hall–Kier alpha value is -1.84. The minimum Gasteiger partial charge on any atom is -0.274 e. The molecule has 16 heteroatoms. The number of hydrogen-bond acceptors (Lipinski definition) is 6. The number of allylic oxidation sites excluding steroid dienone is 1. The molecule has 6 aliphatic rings. The highest BCUT2D eigenvalue weighted by Crippen LogP contribution is 2.71. The molecule has 214 valence electrons. The second-order valence-corrected chi connectivity index (χ2v) is 15.1. The average molecular weight is 593 g/mol. The number of carbonyl (C=O) groups is 2. The summed E-state index contributed by atoms with van der Waals surface area (Å²) in [5.74, 6) is -2.52. The maximum absolute atomic E-state index is 12.8. The molecular weight excluding hydrogens is 566 g/mol. The number of carbonyl (C=O) groups excluding carboxylic acids is 2. The quantitative estimate of drug-likeness (QED) is 0.455. The minimum absolute atomic E-state index is 0.0312. The van der Waals surface area contributed by atoms with Crippen molar-refractivity contribution in [2.24, 2.45) is 40.4 Å². The Morgan fingerprint density at radius 1 is 0.868 bits per heavy atom. The molecular formula is C22H26F6N2O6S2. The first kappa shape index (κ1) is 27.7. The predicted molar refractivity (Wildman–Crippen MR) is 118 cm³/mol. The molecule has 5 saturated carbocycles. The van der Waals surface area contributed by atoms with Crippen LogP contribution in [0.15, 0.2) is 11.6 Å². The zero-order valence-corrected chi connectivity index (χ0v) is 21.5. The highest BCUT2D eigenvalue weighted by atomic mass is 32.2. The topological polar surface area (TPSA) is 126 Å². The summed E-state index contributed by atoms with van der Waals surface area (Å²) in [5.41, 5.74) is -12.4. The van der Waals surface area contributed by atoms with Crippen LogP contribution in [-0.2, 0) is 29.6 Å². The lowest BCUT2D eigenvalue weighted by Gasteiger charge is -2.63. The number of sulfonamides is 2. The van der Waals surface area contributed by atoms with Gasteiger partial charge in [0.2, 0.25) is 5.91 Å². The third kappa shape index (κ3) is 4.42. The van der Waals surface area contributed by atoms with Gasteiger partial charge < -0.3 is 0 Å². The van der Waals surface area contributed by atoms with Crippen LogP contribution < -0.4 is 9.44 Å². The van der Waals surface area contributed by atoms with Crippen LogP contribution in [0.2, 0.25) is 0 Å². The van der Waals surface area contributed by atoms with Crippen molar-refractivity contribution in [1.29, 1.82) is 0 Å². The number of rotatable bonds is 6. The molecule has 0 aromatic carbocycles. The molecule has 0 radical (unpaired) electrons. The van der Waals surface area contributed by atoms with Crippen molar-refractivity contribution in [3.05, 3.63) is 11.6 Å². The molecule has 0 aliphatic heterocycles. The molecule has 0 saturated heterocycles. The van der Waals surface area contributed by atoms with Gasteiger partial charge in [0.05, 0.1) is 0 Å². The number of halogens is 6. The monoisotopic (exact) mass is 592 g/mol. The fourth-order valence-corrected chi connectivity index (χ4v) is 9.72. The highest BCUT2D eigenvalue weighted by molar-refractivity contribution is 7.91. The van der Waals surface area contributed by atoms with E-state index in [1.165, 1.54) is 0 Å². The van der Waals surface area contributed by atoms with Crippen molar-refractivity contribution in [3.8, 4) is 0 Å². The van der Waals surface area contributed by atoms with Crippen molar-refractivity contribution in [2.45, 2.75) is 68.8 Å². The van der Waals surface area contributed by atoms with E-state index in [0.29, 0.717) is 38.5 Å². The van der Waals surface area contributed by atoms with Crippen LogP contribution in [0.25, 0.3) is 0 Å². The van der Waals surface area contributed by atoms with Crippen molar-refractivity contribution < 1.29 is 52.8 Å². The Labute approximate surface area is 215 Å². The van der Waals surface area contributed by atoms with Gasteiger partial charge in [0.1, 0.15) is 0 Å². The molecule has 5 fully saturated rings. The van der Waals surface area contributed by atoms with E-state index >= 15 is 0 Å². The van der Waals surface area contributed by atoms with Crippen LogP contribution in [0.3, 0.4) is 0 Å². The van der Waals surface area contributed by atoms with Crippen LogP contribution >= 0.6 is 0 Å². The molecule has 0 spiro atoms. The predicted octanol–water partition coefficient (Wildman–Crippen LogP) is 3.48. The highest BCUT2D eigenvalue weighted by Gasteiger charge is 2.63. The lowest BCUT2D eigenvalue weighted by molar-refractivity contribution is -0.143. The maximum Gasteiger partial charge on any atom is 0.516 e. The zero-order chi connectivity index (χ0) is 28.1. The number of amides is 2. The van der Waals surface area contributed by atoms with Gasteiger partial charge in [0.15, 0.2) is 0 Å². The lowest BCUT2D eigenvalue weighted by Crippen LogP contribution is -2.56. The van der Waals surface area contributed by atoms with E-state index in [4.69, 9.17) is 0 Å². The fourth-order valence-electron chi connectivity index (χ4n) is 8.75. The second-order valence-electron chi connectivity index (χ2n) is 11.8. The third-order valence-electron chi connectivity index (χ3n) is 9.41. The molecule has 4 atom stereocenters. The summed E-state index contributed by atoms with van der Waals surface area (Å²) in [7, 11) is -11.7. The van der Waals surface area contributed by atoms with Gasteiger partial charge in [-0.1, -0.05) is 6.08 Å². The molecule has 2 amide bonds. The molecule has 0 aromatic rings. The molecule has 8 nitrogen and oxygen atoms in total. The van der Waals surface area contributed by atoms with E-state index < -0.39 is 53.7 Å². The zero-order valence-electron chi connectivity index (χ0n) is 19.9. The van der Waals surface area contributed by atoms with Gasteiger partial charge in [-0.3, -0.25) is 9.59 Å². The van der Waals surface area contributed by atoms with Gasteiger partial charge in [-0.05, 0) is 91.8 Å². The van der Waals surface area contributed by atoms with Crippen LogP contribution in [0, 0.1) is 40.4 Å². The Bertz CT molecular complexity index is 1290. The Balaban J connectivity index is 1.34. The first-order valence-corrected chi connectivity index (χ1v) is 15.2. The van der Waals surface area contributed by atoms with Gasteiger partial charge >= 0.3 is 31.1 Å². The SMILES string of the molecule is O=C(CC12CC3CC(C1)C(C14C=C(C(=O)NS(=O)(=O)C(F)(F)F)C(CC1)C4)C(C3)C2)NS(=O)(=O)C(F)(F)F. The van der Waals surface area contributed by atoms with Crippen molar-refractivity contribution >= 4 is 31.9 Å². The first-order valence-electron chi connectivity index (χ1n) is 12.2. The molecule has 38 heavy (non-hydrogen) atoms. The van der Waals surface area contributed by atoms with Crippen molar-refractivity contribution in [1.82, 2.24) is 9.44 Å². The Morgan fingerprint density at radius 3 is 1.97 bits per heavy atom. The summed E-state index contributed by atoms with van der Waals surface area (Å²) in [5, 5.41) is 0. The molecule has 2 N–H and O–H groups in total. The Morgan fingerprint density at radius 2 is 1.42 bits per heavy atom. The second kappa shape index (κ2) is 8.33. The summed E-state index contributed by atoms with van der Waals surface area (Å²) in [6.45, 7) is 0. The molecule has 4 unspecified atom stereocenters. The van der Waals surface area contributed by atoms with Crippen LogP contribution in [0.5, 0.6) is 0 Å². The number of hydrogen-bond donors (Lipinski definition) is 2. The minimum atomic E-state index is -5.85. The molecule has 6 aliphatic carbocycles. The van der Waals surface area contributed by atoms with E-state index in [1.54, 1.807) is 6.08 Å². The van der Waals surface area contributed by atoms with E-state index in [2.05, 4.69) is 0 Å².